The van der Waals surface area contributed by atoms with E-state index in [0.29, 0.717) is 11.5 Å². The summed E-state index contributed by atoms with van der Waals surface area (Å²) in [6, 6.07) is 11.5. The molecule has 1 fully saturated rings. The first-order valence-electron chi connectivity index (χ1n) is 7.02. The molecule has 1 aliphatic rings. The van der Waals surface area contributed by atoms with Crippen LogP contribution in [0, 0.1) is 5.41 Å². The van der Waals surface area contributed by atoms with Crippen molar-refractivity contribution in [3.05, 3.63) is 35.9 Å². The van der Waals surface area contributed by atoms with Gasteiger partial charge in [0.15, 0.2) is 0 Å². The average molecular weight is 263 g/mol. The van der Waals surface area contributed by atoms with Gasteiger partial charge in [-0.25, -0.2) is 0 Å². The van der Waals surface area contributed by atoms with Gasteiger partial charge in [-0.05, 0) is 30.4 Å². The van der Waals surface area contributed by atoms with Gasteiger partial charge >= 0.3 is 0 Å². The summed E-state index contributed by atoms with van der Waals surface area (Å²) in [6.07, 6.45) is 2.69. The Kier molecular flexibility index (Phi) is 4.74. The van der Waals surface area contributed by atoms with E-state index in [1.807, 2.05) is 0 Å². The largest absolute Gasteiger partial charge is 0.313 e. The summed E-state index contributed by atoms with van der Waals surface area (Å²) in [4.78, 5) is 0. The molecule has 2 unspecified atom stereocenters. The summed E-state index contributed by atoms with van der Waals surface area (Å²) < 4.78 is 0. The summed E-state index contributed by atoms with van der Waals surface area (Å²) >= 11 is 2.12. The Hall–Kier alpha value is -0.470. The fourth-order valence-electron chi connectivity index (χ4n) is 2.92. The van der Waals surface area contributed by atoms with Crippen LogP contribution in [0.25, 0.3) is 0 Å². The lowest BCUT2D eigenvalue weighted by molar-refractivity contribution is 0.290. The Balaban J connectivity index is 1.93. The third-order valence-electron chi connectivity index (χ3n) is 4.02. The van der Waals surface area contributed by atoms with Crippen molar-refractivity contribution >= 4 is 11.8 Å². The second-order valence-corrected chi connectivity index (χ2v) is 7.13. The highest BCUT2D eigenvalue weighted by molar-refractivity contribution is 7.99. The van der Waals surface area contributed by atoms with Crippen molar-refractivity contribution in [3.8, 4) is 0 Å². The van der Waals surface area contributed by atoms with E-state index < -0.39 is 0 Å². The van der Waals surface area contributed by atoms with Gasteiger partial charge in [0.1, 0.15) is 0 Å². The van der Waals surface area contributed by atoms with Gasteiger partial charge < -0.3 is 5.32 Å². The van der Waals surface area contributed by atoms with Gasteiger partial charge in [0.05, 0.1) is 0 Å². The van der Waals surface area contributed by atoms with Crippen LogP contribution in [-0.4, -0.2) is 17.8 Å². The van der Waals surface area contributed by atoms with Crippen LogP contribution in [0.4, 0.5) is 0 Å². The van der Waals surface area contributed by atoms with Crippen molar-refractivity contribution in [1.29, 1.82) is 0 Å². The highest BCUT2D eigenvalue weighted by Crippen LogP contribution is 2.43. The molecule has 1 aromatic rings. The van der Waals surface area contributed by atoms with E-state index in [1.165, 1.54) is 18.4 Å². The molecule has 2 rings (SSSR count). The maximum absolute atomic E-state index is 3.70. The second-order valence-electron chi connectivity index (χ2n) is 5.90. The first-order valence-corrected chi connectivity index (χ1v) is 8.07. The summed E-state index contributed by atoms with van der Waals surface area (Å²) in [5, 5.41) is 4.46. The molecule has 100 valence electrons. The van der Waals surface area contributed by atoms with E-state index in [-0.39, 0.29) is 0 Å². The smallest absolute Gasteiger partial charge is 0.0237 e. The average Bonchev–Trinajstić information content (AvgIpc) is 2.65. The van der Waals surface area contributed by atoms with Crippen molar-refractivity contribution in [1.82, 2.24) is 5.32 Å². The second kappa shape index (κ2) is 6.12. The van der Waals surface area contributed by atoms with Crippen molar-refractivity contribution in [3.63, 3.8) is 0 Å². The first kappa shape index (κ1) is 14.0. The van der Waals surface area contributed by atoms with Gasteiger partial charge in [-0.15, -0.1) is 0 Å². The van der Waals surface area contributed by atoms with Crippen molar-refractivity contribution in [2.45, 2.75) is 50.7 Å². The molecule has 1 aromatic carbocycles. The number of rotatable bonds is 5. The highest BCUT2D eigenvalue weighted by Gasteiger charge is 2.41. The van der Waals surface area contributed by atoms with Crippen molar-refractivity contribution in [2.24, 2.45) is 5.41 Å². The van der Waals surface area contributed by atoms with Crippen LogP contribution in [0.3, 0.4) is 0 Å². The molecule has 0 saturated heterocycles. The zero-order valence-corrected chi connectivity index (χ0v) is 12.6. The molecule has 0 aliphatic heterocycles. The van der Waals surface area contributed by atoms with Crippen LogP contribution in [0.1, 0.15) is 39.2 Å². The van der Waals surface area contributed by atoms with E-state index in [0.717, 1.165) is 17.5 Å². The molecular formula is C16H25NS. The number of nitrogens with one attached hydrogen (secondary N) is 1. The van der Waals surface area contributed by atoms with Gasteiger partial charge in [-0.2, -0.15) is 11.8 Å². The lowest BCUT2D eigenvalue weighted by Gasteiger charge is -2.31. The first-order chi connectivity index (χ1) is 8.63. The van der Waals surface area contributed by atoms with Crippen molar-refractivity contribution < 1.29 is 0 Å². The minimum atomic E-state index is 0.449. The molecule has 0 bridgehead atoms. The van der Waals surface area contributed by atoms with Gasteiger partial charge in [-0.1, -0.05) is 51.1 Å². The maximum Gasteiger partial charge on any atom is 0.0237 e. The summed E-state index contributed by atoms with van der Waals surface area (Å²) in [7, 11) is 0. The van der Waals surface area contributed by atoms with Crippen LogP contribution in [-0.2, 0) is 5.75 Å². The van der Waals surface area contributed by atoms with Crippen LogP contribution < -0.4 is 5.32 Å². The molecule has 0 amide bonds. The predicted molar refractivity (Wildman–Crippen MR) is 82.0 cm³/mol. The summed E-state index contributed by atoms with van der Waals surface area (Å²) in [5.41, 5.74) is 1.90. The fraction of sp³-hybridized carbons (Fsp3) is 0.625. The molecule has 1 saturated carbocycles. The lowest BCUT2D eigenvalue weighted by Crippen LogP contribution is -2.43. The maximum atomic E-state index is 3.70. The van der Waals surface area contributed by atoms with Crippen LogP contribution in [0.5, 0.6) is 0 Å². The van der Waals surface area contributed by atoms with Crippen molar-refractivity contribution in [2.75, 3.05) is 6.54 Å². The van der Waals surface area contributed by atoms with Gasteiger partial charge in [0.2, 0.25) is 0 Å². The Morgan fingerprint density at radius 3 is 2.67 bits per heavy atom. The molecular weight excluding hydrogens is 238 g/mol. The van der Waals surface area contributed by atoms with E-state index in [2.05, 4.69) is 68.2 Å². The molecule has 0 aromatic heterocycles. The standard InChI is InChI=1S/C16H25NS/c1-4-17-15-14(10-11-16(15,2)3)18-12-13-8-6-5-7-9-13/h5-9,14-15,17H,4,10-12H2,1-3H3. The normalized spacial score (nSPS) is 26.4. The summed E-state index contributed by atoms with van der Waals surface area (Å²) in [5.74, 6) is 1.14. The fourth-order valence-corrected chi connectivity index (χ4v) is 4.46. The Labute approximate surface area is 116 Å². The lowest BCUT2D eigenvalue weighted by atomic mass is 9.87. The SMILES string of the molecule is CCNC1C(SCc2ccccc2)CCC1(C)C. The van der Waals surface area contributed by atoms with E-state index in [1.54, 1.807) is 0 Å². The van der Waals surface area contributed by atoms with Gasteiger partial charge in [0, 0.05) is 17.0 Å². The number of hydrogen-bond donors (Lipinski definition) is 1. The predicted octanol–water partition coefficient (Wildman–Crippen LogP) is 4.09. The molecule has 1 nitrogen and oxygen atoms in total. The Morgan fingerprint density at radius 2 is 2.00 bits per heavy atom. The van der Waals surface area contributed by atoms with Gasteiger partial charge in [0.25, 0.3) is 0 Å². The molecule has 18 heavy (non-hydrogen) atoms. The van der Waals surface area contributed by atoms with Gasteiger partial charge in [-0.3, -0.25) is 0 Å². The minimum absolute atomic E-state index is 0.449. The number of hydrogen-bond acceptors (Lipinski definition) is 2. The molecule has 2 heteroatoms. The quantitative estimate of drug-likeness (QED) is 0.859. The monoisotopic (exact) mass is 263 g/mol. The van der Waals surface area contributed by atoms with E-state index in [4.69, 9.17) is 0 Å². The van der Waals surface area contributed by atoms with E-state index >= 15 is 0 Å². The zero-order valence-electron chi connectivity index (χ0n) is 11.8. The molecule has 0 radical (unpaired) electrons. The van der Waals surface area contributed by atoms with Crippen LogP contribution >= 0.6 is 11.8 Å². The summed E-state index contributed by atoms with van der Waals surface area (Å²) in [6.45, 7) is 8.11. The van der Waals surface area contributed by atoms with Crippen LogP contribution in [0.15, 0.2) is 30.3 Å². The molecule has 1 N–H and O–H groups in total. The third-order valence-corrected chi connectivity index (χ3v) is 5.45. The Morgan fingerprint density at radius 1 is 1.28 bits per heavy atom. The van der Waals surface area contributed by atoms with Crippen LogP contribution in [0.2, 0.25) is 0 Å². The van der Waals surface area contributed by atoms with E-state index in [9.17, 15) is 0 Å². The molecule has 0 heterocycles. The molecule has 0 spiro atoms. The molecule has 1 aliphatic carbocycles. The number of thioether (sulfide) groups is 1. The Bertz CT molecular complexity index is 361. The zero-order chi connectivity index (χ0) is 13.0. The number of benzene rings is 1. The highest BCUT2D eigenvalue weighted by atomic mass is 32.2. The topological polar surface area (TPSA) is 12.0 Å². The molecule has 2 atom stereocenters. The third kappa shape index (κ3) is 3.30. The minimum Gasteiger partial charge on any atom is -0.313 e.